The summed E-state index contributed by atoms with van der Waals surface area (Å²) < 4.78 is 5.01. The molecule has 0 amide bonds. The highest BCUT2D eigenvalue weighted by Gasteiger charge is 2.24. The lowest BCUT2D eigenvalue weighted by molar-refractivity contribution is -0.123. The predicted octanol–water partition coefficient (Wildman–Crippen LogP) is 2.52. The average Bonchev–Trinajstić information content (AvgIpc) is 1.99. The Morgan fingerprint density at radius 3 is 2.15 bits per heavy atom. The van der Waals surface area contributed by atoms with Gasteiger partial charge in [-0.25, -0.2) is 0 Å². The monoisotopic (exact) mass is 186 g/mol. The summed E-state index contributed by atoms with van der Waals surface area (Å²) in [4.78, 5) is 11.3. The van der Waals surface area contributed by atoms with Crippen molar-refractivity contribution in [2.24, 2.45) is 17.8 Å². The number of carbonyl (C=O) groups excluding carboxylic acids is 1. The molecule has 0 aromatic rings. The van der Waals surface area contributed by atoms with Crippen LogP contribution in [0.4, 0.5) is 0 Å². The smallest absolute Gasteiger partial charge is 0.133 e. The molecule has 0 spiro atoms. The summed E-state index contributed by atoms with van der Waals surface area (Å²) in [7, 11) is 1.70. The number of carbonyl (C=O) groups is 1. The van der Waals surface area contributed by atoms with E-state index in [0.717, 1.165) is 13.0 Å². The zero-order valence-corrected chi connectivity index (χ0v) is 9.46. The first-order chi connectivity index (χ1) is 6.00. The quantitative estimate of drug-likeness (QED) is 0.637. The molecule has 0 radical (unpaired) electrons. The summed E-state index contributed by atoms with van der Waals surface area (Å²) in [6.07, 6.45) is 0.971. The fraction of sp³-hybridized carbons (Fsp3) is 0.909. The molecule has 0 aliphatic heterocycles. The molecule has 78 valence electrons. The van der Waals surface area contributed by atoms with Crippen LogP contribution in [0.5, 0.6) is 0 Å². The zero-order valence-electron chi connectivity index (χ0n) is 9.46. The molecule has 13 heavy (non-hydrogen) atoms. The van der Waals surface area contributed by atoms with Gasteiger partial charge in [0, 0.05) is 19.6 Å². The third kappa shape index (κ3) is 4.41. The molecule has 0 aliphatic carbocycles. The first kappa shape index (κ1) is 12.6. The lowest BCUT2D eigenvalue weighted by Crippen LogP contribution is -2.25. The van der Waals surface area contributed by atoms with Crippen molar-refractivity contribution in [1.82, 2.24) is 0 Å². The van der Waals surface area contributed by atoms with E-state index in [-0.39, 0.29) is 5.92 Å². The van der Waals surface area contributed by atoms with E-state index in [1.807, 2.05) is 0 Å². The Balaban J connectivity index is 4.12. The molecular formula is C11H22O2. The van der Waals surface area contributed by atoms with Gasteiger partial charge in [-0.2, -0.15) is 0 Å². The topological polar surface area (TPSA) is 26.3 Å². The Labute approximate surface area is 81.7 Å². The van der Waals surface area contributed by atoms with Crippen molar-refractivity contribution in [3.05, 3.63) is 0 Å². The summed E-state index contributed by atoms with van der Waals surface area (Å²) in [5.41, 5.74) is 0. The maximum Gasteiger partial charge on any atom is 0.133 e. The van der Waals surface area contributed by atoms with Crippen molar-refractivity contribution in [1.29, 1.82) is 0 Å². The summed E-state index contributed by atoms with van der Waals surface area (Å²) in [6, 6.07) is 0. The van der Waals surface area contributed by atoms with Gasteiger partial charge in [0.15, 0.2) is 0 Å². The molecule has 0 N–H and O–H groups in total. The Hall–Kier alpha value is -0.370. The van der Waals surface area contributed by atoms with E-state index >= 15 is 0 Å². The lowest BCUT2D eigenvalue weighted by atomic mass is 9.80. The van der Waals surface area contributed by atoms with Crippen LogP contribution in [-0.4, -0.2) is 19.5 Å². The minimum atomic E-state index is 0.190. The Bertz CT molecular complexity index is 152. The van der Waals surface area contributed by atoms with E-state index in [9.17, 15) is 4.79 Å². The molecule has 0 rings (SSSR count). The highest BCUT2D eigenvalue weighted by Crippen LogP contribution is 2.24. The largest absolute Gasteiger partial charge is 0.385 e. The van der Waals surface area contributed by atoms with Gasteiger partial charge in [0.1, 0.15) is 5.78 Å². The van der Waals surface area contributed by atoms with Gasteiger partial charge in [0.2, 0.25) is 0 Å². The Morgan fingerprint density at radius 2 is 1.85 bits per heavy atom. The van der Waals surface area contributed by atoms with Crippen LogP contribution in [0.1, 0.15) is 34.1 Å². The van der Waals surface area contributed by atoms with Gasteiger partial charge < -0.3 is 4.74 Å². The van der Waals surface area contributed by atoms with Crippen molar-refractivity contribution < 1.29 is 9.53 Å². The maximum atomic E-state index is 11.3. The van der Waals surface area contributed by atoms with Gasteiger partial charge in [0.05, 0.1) is 0 Å². The highest BCUT2D eigenvalue weighted by atomic mass is 16.5. The second-order valence-electron chi connectivity index (χ2n) is 4.14. The first-order valence-corrected chi connectivity index (χ1v) is 5.00. The maximum absolute atomic E-state index is 11.3. The van der Waals surface area contributed by atoms with Crippen LogP contribution >= 0.6 is 0 Å². The number of hydrogen-bond acceptors (Lipinski definition) is 2. The summed E-state index contributed by atoms with van der Waals surface area (Å²) in [6.45, 7) is 8.78. The summed E-state index contributed by atoms with van der Waals surface area (Å²) in [5.74, 6) is 1.36. The fourth-order valence-electron chi connectivity index (χ4n) is 2.01. The molecule has 0 bridgehead atoms. The number of ether oxygens (including phenoxy) is 1. The molecule has 2 heteroatoms. The van der Waals surface area contributed by atoms with Crippen LogP contribution < -0.4 is 0 Å². The van der Waals surface area contributed by atoms with Gasteiger partial charge in [-0.05, 0) is 25.2 Å². The molecule has 0 saturated heterocycles. The van der Waals surface area contributed by atoms with Crippen LogP contribution in [0.15, 0.2) is 0 Å². The number of ketones is 1. The van der Waals surface area contributed by atoms with Crippen molar-refractivity contribution in [3.63, 3.8) is 0 Å². The second kappa shape index (κ2) is 6.14. The van der Waals surface area contributed by atoms with Gasteiger partial charge in [-0.15, -0.1) is 0 Å². The minimum Gasteiger partial charge on any atom is -0.385 e. The number of methoxy groups -OCH3 is 1. The third-order valence-electron chi connectivity index (χ3n) is 2.58. The normalized spacial score (nSPS) is 15.8. The molecule has 0 heterocycles. The van der Waals surface area contributed by atoms with E-state index < -0.39 is 0 Å². The predicted molar refractivity (Wildman–Crippen MR) is 54.7 cm³/mol. The van der Waals surface area contributed by atoms with E-state index in [1.165, 1.54) is 0 Å². The van der Waals surface area contributed by atoms with Gasteiger partial charge in [-0.1, -0.05) is 20.8 Å². The van der Waals surface area contributed by atoms with Crippen LogP contribution in [0, 0.1) is 17.8 Å². The third-order valence-corrected chi connectivity index (χ3v) is 2.58. The Kier molecular flexibility index (Phi) is 5.97. The number of Topliss-reactive ketones (excluding diaryl/α,β-unsaturated/α-hetero) is 1. The average molecular weight is 186 g/mol. The van der Waals surface area contributed by atoms with E-state index in [0.29, 0.717) is 17.6 Å². The van der Waals surface area contributed by atoms with E-state index in [1.54, 1.807) is 14.0 Å². The molecule has 0 aromatic carbocycles. The van der Waals surface area contributed by atoms with Crippen molar-refractivity contribution in [3.8, 4) is 0 Å². The molecule has 0 fully saturated rings. The van der Waals surface area contributed by atoms with Crippen LogP contribution in [0.2, 0.25) is 0 Å². The second-order valence-corrected chi connectivity index (χ2v) is 4.14. The number of rotatable bonds is 6. The SMILES string of the molecule is COCCC(C)C(C(C)=O)C(C)C. The molecule has 0 saturated carbocycles. The Morgan fingerprint density at radius 1 is 1.31 bits per heavy atom. The van der Waals surface area contributed by atoms with Crippen LogP contribution in [-0.2, 0) is 9.53 Å². The standard InChI is InChI=1S/C11H22O2/c1-8(2)11(10(4)12)9(3)6-7-13-5/h8-9,11H,6-7H2,1-5H3. The fourth-order valence-corrected chi connectivity index (χ4v) is 2.01. The molecular weight excluding hydrogens is 164 g/mol. The first-order valence-electron chi connectivity index (χ1n) is 5.00. The van der Waals surface area contributed by atoms with Gasteiger partial charge in [0.25, 0.3) is 0 Å². The van der Waals surface area contributed by atoms with Crippen molar-refractivity contribution in [2.45, 2.75) is 34.1 Å². The van der Waals surface area contributed by atoms with Crippen LogP contribution in [0.3, 0.4) is 0 Å². The minimum absolute atomic E-state index is 0.190. The summed E-state index contributed by atoms with van der Waals surface area (Å²) >= 11 is 0. The van der Waals surface area contributed by atoms with Gasteiger partial charge >= 0.3 is 0 Å². The molecule has 2 nitrogen and oxygen atoms in total. The lowest BCUT2D eigenvalue weighted by Gasteiger charge is -2.24. The van der Waals surface area contributed by atoms with Crippen LogP contribution in [0.25, 0.3) is 0 Å². The number of hydrogen-bond donors (Lipinski definition) is 0. The van der Waals surface area contributed by atoms with E-state index in [4.69, 9.17) is 4.74 Å². The molecule has 2 atom stereocenters. The molecule has 0 aromatic heterocycles. The van der Waals surface area contributed by atoms with E-state index in [2.05, 4.69) is 20.8 Å². The zero-order chi connectivity index (χ0) is 10.4. The van der Waals surface area contributed by atoms with Gasteiger partial charge in [-0.3, -0.25) is 4.79 Å². The molecule has 0 aliphatic rings. The highest BCUT2D eigenvalue weighted by molar-refractivity contribution is 5.78. The van der Waals surface area contributed by atoms with Crippen molar-refractivity contribution >= 4 is 5.78 Å². The van der Waals surface area contributed by atoms with Crippen molar-refractivity contribution in [2.75, 3.05) is 13.7 Å². The summed E-state index contributed by atoms with van der Waals surface area (Å²) in [5, 5.41) is 0. The molecule has 2 unspecified atom stereocenters.